The highest BCUT2D eigenvalue weighted by molar-refractivity contribution is 5.93. The highest BCUT2D eigenvalue weighted by atomic mass is 16.3. The van der Waals surface area contributed by atoms with Gasteiger partial charge in [-0.3, -0.25) is 9.69 Å². The molecule has 5 heteroatoms. The molecule has 5 nitrogen and oxygen atoms in total. The van der Waals surface area contributed by atoms with Crippen molar-refractivity contribution in [2.45, 2.75) is 32.4 Å². The summed E-state index contributed by atoms with van der Waals surface area (Å²) >= 11 is 0. The molecule has 1 N–H and O–H groups in total. The Bertz CT molecular complexity index is 422. The first-order valence-electron chi connectivity index (χ1n) is 6.65. The average Bonchev–Trinajstić information content (AvgIpc) is 2.82. The van der Waals surface area contributed by atoms with Crippen molar-refractivity contribution < 1.29 is 14.3 Å². The Balaban J connectivity index is 1.95. The maximum absolute atomic E-state index is 12.2. The normalized spacial score (nSPS) is 21.7. The Morgan fingerprint density at radius 1 is 1.53 bits per heavy atom. The van der Waals surface area contributed by atoms with Crippen LogP contribution in [-0.2, 0) is 0 Å². The molecule has 106 valence electrons. The second-order valence-electron chi connectivity index (χ2n) is 5.90. The van der Waals surface area contributed by atoms with Gasteiger partial charge < -0.3 is 14.4 Å². The van der Waals surface area contributed by atoms with E-state index in [1.807, 2.05) is 18.7 Å². The third-order valence-electron chi connectivity index (χ3n) is 3.41. The Morgan fingerprint density at radius 3 is 2.79 bits per heavy atom. The van der Waals surface area contributed by atoms with Crippen molar-refractivity contribution in [2.75, 3.05) is 26.2 Å². The van der Waals surface area contributed by atoms with Crippen LogP contribution >= 0.6 is 0 Å². The van der Waals surface area contributed by atoms with E-state index in [1.165, 1.54) is 12.5 Å². The summed E-state index contributed by atoms with van der Waals surface area (Å²) in [6.07, 6.45) is 3.00. The Hall–Kier alpha value is -1.33. The molecule has 0 aliphatic carbocycles. The fraction of sp³-hybridized carbons (Fsp3) is 0.643. The van der Waals surface area contributed by atoms with E-state index in [0.29, 0.717) is 25.2 Å². The highest BCUT2D eigenvalue weighted by Crippen LogP contribution is 2.16. The molecule has 0 unspecified atom stereocenters. The van der Waals surface area contributed by atoms with E-state index in [-0.39, 0.29) is 11.9 Å². The van der Waals surface area contributed by atoms with E-state index >= 15 is 0 Å². The molecular formula is C14H22N2O3. The molecule has 0 spiro atoms. The van der Waals surface area contributed by atoms with Gasteiger partial charge in [0.15, 0.2) is 0 Å². The summed E-state index contributed by atoms with van der Waals surface area (Å²) in [7, 11) is 0. The maximum atomic E-state index is 12.2. The van der Waals surface area contributed by atoms with Crippen LogP contribution in [0.3, 0.4) is 0 Å². The molecule has 1 amide bonds. The fourth-order valence-corrected chi connectivity index (χ4v) is 2.48. The standard InChI is InChI=1S/C14H22N2O3/c1-11-8-15(13(17)12-4-7-19-9-12)5-6-16(11)10-14(2,3)18/h4,7,9,11,18H,5-6,8,10H2,1-3H3/t11-/m0/s1. The summed E-state index contributed by atoms with van der Waals surface area (Å²) in [4.78, 5) is 16.3. The van der Waals surface area contributed by atoms with Crippen LogP contribution in [0.5, 0.6) is 0 Å². The van der Waals surface area contributed by atoms with Crippen molar-refractivity contribution in [1.82, 2.24) is 9.80 Å². The number of β-amino-alcohol motifs (C(OH)–C–C–N with tert-alkyl or cyclic N) is 1. The van der Waals surface area contributed by atoms with Gasteiger partial charge in [-0.1, -0.05) is 0 Å². The molecular weight excluding hydrogens is 244 g/mol. The first kappa shape index (κ1) is 14.1. The van der Waals surface area contributed by atoms with E-state index < -0.39 is 5.60 Å². The fourth-order valence-electron chi connectivity index (χ4n) is 2.48. The largest absolute Gasteiger partial charge is 0.472 e. The zero-order valence-corrected chi connectivity index (χ0v) is 11.8. The van der Waals surface area contributed by atoms with Gasteiger partial charge in [0.25, 0.3) is 5.91 Å². The van der Waals surface area contributed by atoms with Crippen molar-refractivity contribution in [2.24, 2.45) is 0 Å². The number of carbonyl (C=O) groups excluding carboxylic acids is 1. The Kier molecular flexibility index (Phi) is 3.96. The minimum Gasteiger partial charge on any atom is -0.472 e. The van der Waals surface area contributed by atoms with E-state index in [0.717, 1.165) is 6.54 Å². The van der Waals surface area contributed by atoms with Crippen molar-refractivity contribution >= 4 is 5.91 Å². The van der Waals surface area contributed by atoms with Gasteiger partial charge in [-0.05, 0) is 26.8 Å². The van der Waals surface area contributed by atoms with E-state index in [2.05, 4.69) is 11.8 Å². The molecule has 1 saturated heterocycles. The molecule has 19 heavy (non-hydrogen) atoms. The molecule has 2 heterocycles. The van der Waals surface area contributed by atoms with Crippen LogP contribution < -0.4 is 0 Å². The molecule has 2 rings (SSSR count). The zero-order chi connectivity index (χ0) is 14.0. The van der Waals surface area contributed by atoms with Gasteiger partial charge in [0.2, 0.25) is 0 Å². The zero-order valence-electron chi connectivity index (χ0n) is 11.8. The second kappa shape index (κ2) is 5.35. The molecule has 0 radical (unpaired) electrons. The van der Waals surface area contributed by atoms with Crippen LogP contribution in [0.2, 0.25) is 0 Å². The average molecular weight is 266 g/mol. The van der Waals surface area contributed by atoms with Crippen LogP contribution in [-0.4, -0.2) is 58.6 Å². The SMILES string of the molecule is C[C@H]1CN(C(=O)c2ccoc2)CCN1CC(C)(C)O. The summed E-state index contributed by atoms with van der Waals surface area (Å²) in [6, 6.07) is 1.94. The molecule has 0 aromatic carbocycles. The number of aliphatic hydroxyl groups is 1. The minimum absolute atomic E-state index is 0.0171. The Labute approximate surface area is 113 Å². The second-order valence-corrected chi connectivity index (χ2v) is 5.90. The third-order valence-corrected chi connectivity index (χ3v) is 3.41. The van der Waals surface area contributed by atoms with Crippen LogP contribution in [0.4, 0.5) is 0 Å². The van der Waals surface area contributed by atoms with Crippen molar-refractivity contribution in [1.29, 1.82) is 0 Å². The molecule has 1 aliphatic rings. The van der Waals surface area contributed by atoms with Gasteiger partial charge in [-0.25, -0.2) is 0 Å². The predicted molar refractivity (Wildman–Crippen MR) is 71.9 cm³/mol. The topological polar surface area (TPSA) is 56.9 Å². The molecule has 0 saturated carbocycles. The first-order chi connectivity index (χ1) is 8.87. The summed E-state index contributed by atoms with van der Waals surface area (Å²) in [5.41, 5.74) is -0.103. The number of hydrogen-bond acceptors (Lipinski definition) is 4. The van der Waals surface area contributed by atoms with E-state index in [4.69, 9.17) is 4.42 Å². The van der Waals surface area contributed by atoms with Crippen molar-refractivity contribution in [3.8, 4) is 0 Å². The smallest absolute Gasteiger partial charge is 0.257 e. The first-order valence-corrected chi connectivity index (χ1v) is 6.65. The number of amides is 1. The van der Waals surface area contributed by atoms with E-state index in [9.17, 15) is 9.90 Å². The van der Waals surface area contributed by atoms with Crippen molar-refractivity contribution in [3.63, 3.8) is 0 Å². The predicted octanol–water partition coefficient (Wildman–Crippen LogP) is 1.20. The third kappa shape index (κ3) is 3.58. The number of rotatable bonds is 3. The van der Waals surface area contributed by atoms with Crippen LogP contribution in [0, 0.1) is 0 Å². The van der Waals surface area contributed by atoms with Gasteiger partial charge in [0.05, 0.1) is 17.4 Å². The van der Waals surface area contributed by atoms with Gasteiger partial charge in [0, 0.05) is 32.2 Å². The number of nitrogens with zero attached hydrogens (tertiary/aromatic N) is 2. The highest BCUT2D eigenvalue weighted by Gasteiger charge is 2.30. The molecule has 1 aromatic heterocycles. The summed E-state index contributed by atoms with van der Waals surface area (Å²) in [5.74, 6) is 0.0171. The van der Waals surface area contributed by atoms with Crippen molar-refractivity contribution in [3.05, 3.63) is 24.2 Å². The monoisotopic (exact) mass is 266 g/mol. The van der Waals surface area contributed by atoms with Crippen LogP contribution in [0.15, 0.2) is 23.0 Å². The lowest BCUT2D eigenvalue weighted by Gasteiger charge is -2.41. The number of furan rings is 1. The Morgan fingerprint density at radius 2 is 2.26 bits per heavy atom. The molecule has 1 atom stereocenters. The quantitative estimate of drug-likeness (QED) is 0.893. The molecule has 1 aliphatic heterocycles. The number of piperazine rings is 1. The lowest BCUT2D eigenvalue weighted by atomic mass is 10.1. The van der Waals surface area contributed by atoms with E-state index in [1.54, 1.807) is 6.07 Å². The lowest BCUT2D eigenvalue weighted by Crippen LogP contribution is -2.56. The summed E-state index contributed by atoms with van der Waals surface area (Å²) in [6.45, 7) is 8.48. The van der Waals surface area contributed by atoms with Crippen LogP contribution in [0.1, 0.15) is 31.1 Å². The van der Waals surface area contributed by atoms with Crippen LogP contribution in [0.25, 0.3) is 0 Å². The van der Waals surface area contributed by atoms with Gasteiger partial charge >= 0.3 is 0 Å². The molecule has 1 aromatic rings. The van der Waals surface area contributed by atoms with Gasteiger partial charge in [0.1, 0.15) is 6.26 Å². The minimum atomic E-state index is -0.703. The maximum Gasteiger partial charge on any atom is 0.257 e. The number of hydrogen-bond donors (Lipinski definition) is 1. The molecule has 1 fully saturated rings. The lowest BCUT2D eigenvalue weighted by molar-refractivity contribution is -0.00144. The molecule has 0 bridgehead atoms. The van der Waals surface area contributed by atoms with Gasteiger partial charge in [-0.15, -0.1) is 0 Å². The number of carbonyl (C=O) groups is 1. The summed E-state index contributed by atoms with van der Waals surface area (Å²) < 4.78 is 4.95. The summed E-state index contributed by atoms with van der Waals surface area (Å²) in [5, 5.41) is 9.88. The van der Waals surface area contributed by atoms with Gasteiger partial charge in [-0.2, -0.15) is 0 Å².